The molecule has 2 rings (SSSR count). The highest BCUT2D eigenvalue weighted by Gasteiger charge is 1.99. The second-order valence-electron chi connectivity index (χ2n) is 4.15. The molecule has 0 atom stereocenters. The van der Waals surface area contributed by atoms with Crippen molar-refractivity contribution in [3.05, 3.63) is 56.2 Å². The van der Waals surface area contributed by atoms with Crippen LogP contribution in [-0.2, 0) is 13.0 Å². The van der Waals surface area contributed by atoms with Gasteiger partial charge >= 0.3 is 0 Å². The van der Waals surface area contributed by atoms with Gasteiger partial charge in [0.1, 0.15) is 0 Å². The van der Waals surface area contributed by atoms with E-state index in [9.17, 15) is 0 Å². The van der Waals surface area contributed by atoms with Crippen LogP contribution in [0.5, 0.6) is 0 Å². The number of aryl methyl sites for hydroxylation is 1. The average Bonchev–Trinajstić information content (AvgIpc) is 2.79. The largest absolute Gasteiger partial charge is 0.312 e. The molecule has 1 heterocycles. The van der Waals surface area contributed by atoms with Crippen LogP contribution in [0, 0.1) is 6.92 Å². The number of hydrogen-bond acceptors (Lipinski definition) is 2. The van der Waals surface area contributed by atoms with Crippen LogP contribution in [0.3, 0.4) is 0 Å². The van der Waals surface area contributed by atoms with Crippen LogP contribution in [0.2, 0.25) is 0 Å². The highest BCUT2D eigenvalue weighted by atomic mass is 79.9. The maximum atomic E-state index is 3.60. The van der Waals surface area contributed by atoms with Crippen molar-refractivity contribution in [2.45, 2.75) is 19.9 Å². The SMILES string of the molecule is Cc1ccc(CNCCc2ccsc2)c(Br)c1. The molecule has 3 heteroatoms. The summed E-state index contributed by atoms with van der Waals surface area (Å²) in [6, 6.07) is 8.68. The van der Waals surface area contributed by atoms with Gasteiger partial charge in [0.2, 0.25) is 0 Å². The van der Waals surface area contributed by atoms with E-state index in [1.165, 1.54) is 21.2 Å². The molecule has 0 aliphatic carbocycles. The third-order valence-corrected chi connectivity index (χ3v) is 4.16. The first-order valence-electron chi connectivity index (χ1n) is 5.72. The summed E-state index contributed by atoms with van der Waals surface area (Å²) in [5.74, 6) is 0. The Morgan fingerprint density at radius 3 is 2.88 bits per heavy atom. The normalized spacial score (nSPS) is 10.7. The minimum atomic E-state index is 0.922. The molecule has 0 amide bonds. The fourth-order valence-corrected chi connectivity index (χ4v) is 3.02. The topological polar surface area (TPSA) is 12.0 Å². The van der Waals surface area contributed by atoms with E-state index in [0.717, 1.165) is 19.5 Å². The molecular weight excluding hydrogens is 294 g/mol. The van der Waals surface area contributed by atoms with Gasteiger partial charge in [-0.25, -0.2) is 0 Å². The number of nitrogens with one attached hydrogen (secondary N) is 1. The van der Waals surface area contributed by atoms with Crippen LogP contribution in [-0.4, -0.2) is 6.54 Å². The number of hydrogen-bond donors (Lipinski definition) is 1. The number of rotatable bonds is 5. The van der Waals surface area contributed by atoms with Crippen LogP contribution >= 0.6 is 27.3 Å². The van der Waals surface area contributed by atoms with Gasteiger partial charge in [-0.3, -0.25) is 0 Å². The summed E-state index contributed by atoms with van der Waals surface area (Å²) >= 11 is 5.36. The highest BCUT2D eigenvalue weighted by Crippen LogP contribution is 2.18. The van der Waals surface area contributed by atoms with Crippen molar-refractivity contribution in [1.82, 2.24) is 5.32 Å². The fourth-order valence-electron chi connectivity index (χ4n) is 1.69. The molecule has 0 fully saturated rings. The lowest BCUT2D eigenvalue weighted by atomic mass is 10.1. The molecule has 0 aliphatic rings. The summed E-state index contributed by atoms with van der Waals surface area (Å²) in [5.41, 5.74) is 4.03. The summed E-state index contributed by atoms with van der Waals surface area (Å²) in [7, 11) is 0. The summed E-state index contributed by atoms with van der Waals surface area (Å²) < 4.78 is 1.19. The minimum absolute atomic E-state index is 0.922. The first kappa shape index (κ1) is 12.8. The molecule has 0 saturated carbocycles. The van der Waals surface area contributed by atoms with E-state index < -0.39 is 0 Å². The lowest BCUT2D eigenvalue weighted by Gasteiger charge is -2.07. The Morgan fingerprint density at radius 2 is 2.18 bits per heavy atom. The van der Waals surface area contributed by atoms with Gasteiger partial charge in [0.05, 0.1) is 0 Å². The summed E-state index contributed by atoms with van der Waals surface area (Å²) in [6.07, 6.45) is 1.10. The smallest absolute Gasteiger partial charge is 0.0222 e. The zero-order valence-electron chi connectivity index (χ0n) is 9.87. The molecule has 17 heavy (non-hydrogen) atoms. The van der Waals surface area contributed by atoms with Gasteiger partial charge in [-0.15, -0.1) is 0 Å². The molecule has 1 nitrogen and oxygen atoms in total. The van der Waals surface area contributed by atoms with E-state index in [1.54, 1.807) is 11.3 Å². The van der Waals surface area contributed by atoms with Crippen molar-refractivity contribution >= 4 is 27.3 Å². The average molecular weight is 310 g/mol. The molecule has 0 saturated heterocycles. The van der Waals surface area contributed by atoms with Crippen LogP contribution in [0.15, 0.2) is 39.5 Å². The summed E-state index contributed by atoms with van der Waals surface area (Å²) in [5, 5.41) is 7.82. The Kier molecular flexibility index (Phi) is 4.77. The third kappa shape index (κ3) is 3.95. The van der Waals surface area contributed by atoms with Gasteiger partial charge in [-0.05, 0) is 59.5 Å². The number of thiophene rings is 1. The van der Waals surface area contributed by atoms with Gasteiger partial charge in [-0.1, -0.05) is 28.1 Å². The fraction of sp³-hybridized carbons (Fsp3) is 0.286. The highest BCUT2D eigenvalue weighted by molar-refractivity contribution is 9.10. The second-order valence-corrected chi connectivity index (χ2v) is 5.79. The van der Waals surface area contributed by atoms with Crippen LogP contribution in [0.4, 0.5) is 0 Å². The maximum Gasteiger partial charge on any atom is 0.0222 e. The zero-order valence-corrected chi connectivity index (χ0v) is 12.3. The van der Waals surface area contributed by atoms with Crippen molar-refractivity contribution in [1.29, 1.82) is 0 Å². The third-order valence-electron chi connectivity index (χ3n) is 2.69. The van der Waals surface area contributed by atoms with E-state index in [4.69, 9.17) is 0 Å². The Labute approximate surface area is 115 Å². The van der Waals surface area contributed by atoms with Gasteiger partial charge in [0.25, 0.3) is 0 Å². The van der Waals surface area contributed by atoms with Crippen LogP contribution in [0.25, 0.3) is 0 Å². The van der Waals surface area contributed by atoms with E-state index >= 15 is 0 Å². The molecule has 0 unspecified atom stereocenters. The molecule has 2 aromatic rings. The Bertz CT molecular complexity index is 465. The summed E-state index contributed by atoms with van der Waals surface area (Å²) in [6.45, 7) is 4.06. The van der Waals surface area contributed by atoms with E-state index in [-0.39, 0.29) is 0 Å². The maximum absolute atomic E-state index is 3.60. The second kappa shape index (κ2) is 6.34. The molecule has 90 valence electrons. The number of halogens is 1. The molecular formula is C14H16BrNS. The van der Waals surface area contributed by atoms with Crippen molar-refractivity contribution in [3.63, 3.8) is 0 Å². The molecule has 1 N–H and O–H groups in total. The summed E-state index contributed by atoms with van der Waals surface area (Å²) in [4.78, 5) is 0. The molecule has 0 radical (unpaired) electrons. The van der Waals surface area contributed by atoms with Crippen molar-refractivity contribution in [3.8, 4) is 0 Å². The van der Waals surface area contributed by atoms with E-state index in [2.05, 4.69) is 63.2 Å². The quantitative estimate of drug-likeness (QED) is 0.818. The van der Waals surface area contributed by atoms with Gasteiger partial charge in [0, 0.05) is 11.0 Å². The number of benzene rings is 1. The van der Waals surface area contributed by atoms with Crippen molar-refractivity contribution in [2.75, 3.05) is 6.54 Å². The van der Waals surface area contributed by atoms with Gasteiger partial charge in [-0.2, -0.15) is 11.3 Å². The Balaban J connectivity index is 1.78. The van der Waals surface area contributed by atoms with E-state index in [1.807, 2.05) is 0 Å². The van der Waals surface area contributed by atoms with Gasteiger partial charge < -0.3 is 5.32 Å². The van der Waals surface area contributed by atoms with Crippen LogP contribution in [0.1, 0.15) is 16.7 Å². The standard InChI is InChI=1S/C14H16BrNS/c1-11-2-3-13(14(15)8-11)9-16-6-4-12-5-7-17-10-12/h2-3,5,7-8,10,16H,4,6,9H2,1H3. The monoisotopic (exact) mass is 309 g/mol. The lowest BCUT2D eigenvalue weighted by molar-refractivity contribution is 0.686. The molecule has 1 aromatic heterocycles. The zero-order chi connectivity index (χ0) is 12.1. The van der Waals surface area contributed by atoms with Crippen LogP contribution < -0.4 is 5.32 Å². The molecule has 0 spiro atoms. The predicted octanol–water partition coefficient (Wildman–Crippen LogP) is 4.15. The van der Waals surface area contributed by atoms with Crippen molar-refractivity contribution < 1.29 is 0 Å². The minimum Gasteiger partial charge on any atom is -0.312 e. The van der Waals surface area contributed by atoms with E-state index in [0.29, 0.717) is 0 Å². The van der Waals surface area contributed by atoms with Crippen molar-refractivity contribution in [2.24, 2.45) is 0 Å². The Morgan fingerprint density at radius 1 is 1.29 bits per heavy atom. The predicted molar refractivity (Wildman–Crippen MR) is 78.6 cm³/mol. The molecule has 0 aliphatic heterocycles. The first-order valence-corrected chi connectivity index (χ1v) is 7.46. The van der Waals surface area contributed by atoms with Gasteiger partial charge in [0.15, 0.2) is 0 Å². The molecule has 0 bridgehead atoms. The Hall–Kier alpha value is -0.640. The lowest BCUT2D eigenvalue weighted by Crippen LogP contribution is -2.16. The molecule has 1 aromatic carbocycles. The first-order chi connectivity index (χ1) is 8.25.